The summed E-state index contributed by atoms with van der Waals surface area (Å²) in [5, 5.41) is 0.635. The zero-order chi connectivity index (χ0) is 23.4. The van der Waals surface area contributed by atoms with E-state index in [1.54, 1.807) is 0 Å². The zero-order valence-electron chi connectivity index (χ0n) is 19.3. The maximum absolute atomic E-state index is 6.37. The third-order valence-electron chi connectivity index (χ3n) is 5.56. The van der Waals surface area contributed by atoms with E-state index >= 15 is 0 Å². The summed E-state index contributed by atoms with van der Waals surface area (Å²) in [6.45, 7) is 8.05. The lowest BCUT2D eigenvalue weighted by atomic mass is 10.0. The van der Waals surface area contributed by atoms with Crippen LogP contribution in [0.2, 0.25) is 5.02 Å². The second kappa shape index (κ2) is 9.93. The Hall–Kier alpha value is -3.56. The van der Waals surface area contributed by atoms with Crippen LogP contribution in [0.15, 0.2) is 94.9 Å². The van der Waals surface area contributed by atoms with Crippen LogP contribution in [0.3, 0.4) is 0 Å². The molecule has 0 saturated carbocycles. The molecule has 0 saturated heterocycles. The minimum Gasteiger partial charge on any atom is -0.251 e. The number of hydrogen-bond acceptors (Lipinski definition) is 3. The first kappa shape index (κ1) is 22.6. The van der Waals surface area contributed by atoms with Crippen LogP contribution >= 0.6 is 11.6 Å². The molecule has 0 spiro atoms. The molecule has 3 nitrogen and oxygen atoms in total. The predicted octanol–water partition coefficient (Wildman–Crippen LogP) is 8.30. The van der Waals surface area contributed by atoms with Gasteiger partial charge in [-0.3, -0.25) is 4.99 Å². The Labute approximate surface area is 200 Å². The Bertz CT molecular complexity index is 1330. The average Bonchev–Trinajstić information content (AvgIpc) is 2.83. The summed E-state index contributed by atoms with van der Waals surface area (Å²) in [6.07, 6.45) is 0. The number of rotatable bonds is 5. The molecule has 4 aromatic rings. The van der Waals surface area contributed by atoms with Crippen LogP contribution in [0.25, 0.3) is 11.1 Å². The topological polar surface area (TPSA) is 37.6 Å². The van der Waals surface area contributed by atoms with E-state index in [1.807, 2.05) is 75.4 Å². The lowest BCUT2D eigenvalue weighted by Crippen LogP contribution is -2.05. The quantitative estimate of drug-likeness (QED) is 0.281. The number of pyridine rings is 1. The highest BCUT2D eigenvalue weighted by atomic mass is 35.5. The van der Waals surface area contributed by atoms with E-state index in [4.69, 9.17) is 26.6 Å². The number of benzene rings is 3. The van der Waals surface area contributed by atoms with Crippen LogP contribution in [0.1, 0.15) is 36.4 Å². The number of hydrogen-bond donors (Lipinski definition) is 0. The second-order valence-electron chi connectivity index (χ2n) is 8.04. The van der Waals surface area contributed by atoms with Gasteiger partial charge in [-0.1, -0.05) is 78.3 Å². The molecule has 0 bridgehead atoms. The summed E-state index contributed by atoms with van der Waals surface area (Å²) in [4.78, 5) is 14.6. The molecule has 164 valence electrons. The SMILES string of the molecule is CC(=Nc1c(C)cccc1Cl)c1cccc(C(C)=Nc2c(C)cccc2-c2ccccc2)n1. The van der Waals surface area contributed by atoms with Gasteiger partial charge in [0.15, 0.2) is 0 Å². The van der Waals surface area contributed by atoms with E-state index in [2.05, 4.69) is 37.3 Å². The number of para-hydroxylation sites is 2. The second-order valence-corrected chi connectivity index (χ2v) is 8.45. The first-order valence-electron chi connectivity index (χ1n) is 10.9. The number of aliphatic imine (C=N–C) groups is 2. The van der Waals surface area contributed by atoms with Crippen LogP contribution in [-0.4, -0.2) is 16.4 Å². The van der Waals surface area contributed by atoms with Crippen molar-refractivity contribution in [3.8, 4) is 11.1 Å². The van der Waals surface area contributed by atoms with Gasteiger partial charge in [0.1, 0.15) is 0 Å². The molecule has 0 aliphatic rings. The van der Waals surface area contributed by atoms with E-state index in [-0.39, 0.29) is 0 Å². The largest absolute Gasteiger partial charge is 0.251 e. The fraction of sp³-hybridized carbons (Fsp3) is 0.138. The van der Waals surface area contributed by atoms with Crippen molar-refractivity contribution < 1.29 is 0 Å². The number of halogens is 1. The van der Waals surface area contributed by atoms with Crippen LogP contribution in [0.4, 0.5) is 11.4 Å². The summed E-state index contributed by atoms with van der Waals surface area (Å²) in [5.74, 6) is 0. The molecule has 0 atom stereocenters. The van der Waals surface area contributed by atoms with Crippen molar-refractivity contribution in [2.24, 2.45) is 9.98 Å². The van der Waals surface area contributed by atoms with Crippen LogP contribution < -0.4 is 0 Å². The molecule has 0 amide bonds. The third kappa shape index (κ3) is 5.10. The number of aryl methyl sites for hydroxylation is 2. The van der Waals surface area contributed by atoms with Crippen molar-refractivity contribution in [3.05, 3.63) is 112 Å². The smallest absolute Gasteiger partial charge is 0.0849 e. The molecular formula is C29H26ClN3. The van der Waals surface area contributed by atoms with Gasteiger partial charge in [-0.2, -0.15) is 0 Å². The molecule has 0 aliphatic carbocycles. The summed E-state index contributed by atoms with van der Waals surface area (Å²) >= 11 is 6.37. The first-order chi connectivity index (χ1) is 15.9. The van der Waals surface area contributed by atoms with Gasteiger partial charge in [0.2, 0.25) is 0 Å². The highest BCUT2D eigenvalue weighted by molar-refractivity contribution is 6.33. The minimum atomic E-state index is 0.635. The fourth-order valence-corrected chi connectivity index (χ4v) is 3.97. The standard InChI is InChI=1S/C29H26ClN3/c1-19-11-8-15-24(23-13-6-5-7-14-23)28(19)31-21(3)26-17-10-18-27(33-26)22(4)32-29-20(2)12-9-16-25(29)30/h5-18H,1-4H3. The monoisotopic (exact) mass is 451 g/mol. The van der Waals surface area contributed by atoms with Gasteiger partial charge >= 0.3 is 0 Å². The molecule has 3 aromatic carbocycles. The maximum atomic E-state index is 6.37. The Morgan fingerprint density at radius 3 is 1.82 bits per heavy atom. The van der Waals surface area contributed by atoms with Gasteiger partial charge in [0.25, 0.3) is 0 Å². The Morgan fingerprint density at radius 2 is 1.18 bits per heavy atom. The van der Waals surface area contributed by atoms with E-state index in [9.17, 15) is 0 Å². The molecule has 0 N–H and O–H groups in total. The van der Waals surface area contributed by atoms with E-state index in [1.165, 1.54) is 0 Å². The van der Waals surface area contributed by atoms with Crippen molar-refractivity contribution >= 4 is 34.4 Å². The van der Waals surface area contributed by atoms with Crippen molar-refractivity contribution in [2.75, 3.05) is 0 Å². The summed E-state index contributed by atoms with van der Waals surface area (Å²) in [5.41, 5.74) is 9.43. The highest BCUT2D eigenvalue weighted by Crippen LogP contribution is 2.33. The molecule has 1 heterocycles. The van der Waals surface area contributed by atoms with Crippen molar-refractivity contribution in [3.63, 3.8) is 0 Å². The summed E-state index contributed by atoms with van der Waals surface area (Å²) in [6, 6.07) is 28.3. The van der Waals surface area contributed by atoms with Gasteiger partial charge in [-0.05, 0) is 62.6 Å². The normalized spacial score (nSPS) is 12.2. The van der Waals surface area contributed by atoms with Crippen molar-refractivity contribution in [2.45, 2.75) is 27.7 Å². The summed E-state index contributed by atoms with van der Waals surface area (Å²) in [7, 11) is 0. The van der Waals surface area contributed by atoms with Crippen molar-refractivity contribution in [1.29, 1.82) is 0 Å². The van der Waals surface area contributed by atoms with Crippen LogP contribution in [0, 0.1) is 13.8 Å². The van der Waals surface area contributed by atoms with Gasteiger partial charge < -0.3 is 0 Å². The number of aromatic nitrogens is 1. The number of nitrogens with zero attached hydrogens (tertiary/aromatic N) is 3. The highest BCUT2D eigenvalue weighted by Gasteiger charge is 2.10. The molecule has 4 heteroatoms. The first-order valence-corrected chi connectivity index (χ1v) is 11.3. The maximum Gasteiger partial charge on any atom is 0.0849 e. The predicted molar refractivity (Wildman–Crippen MR) is 141 cm³/mol. The van der Waals surface area contributed by atoms with Crippen molar-refractivity contribution in [1.82, 2.24) is 4.98 Å². The lowest BCUT2D eigenvalue weighted by molar-refractivity contribution is 1.23. The van der Waals surface area contributed by atoms with Gasteiger partial charge in [0, 0.05) is 5.56 Å². The zero-order valence-corrected chi connectivity index (χ0v) is 20.1. The molecule has 0 aliphatic heterocycles. The lowest BCUT2D eigenvalue weighted by Gasteiger charge is -2.11. The van der Waals surface area contributed by atoms with Crippen LogP contribution in [0.5, 0.6) is 0 Å². The molecule has 0 fully saturated rings. The van der Waals surface area contributed by atoms with Gasteiger partial charge in [-0.25, -0.2) is 9.98 Å². The Morgan fingerprint density at radius 1 is 0.636 bits per heavy atom. The minimum absolute atomic E-state index is 0.635. The van der Waals surface area contributed by atoms with E-state index < -0.39 is 0 Å². The fourth-order valence-electron chi connectivity index (χ4n) is 3.71. The van der Waals surface area contributed by atoms with Gasteiger partial charge in [0.05, 0.1) is 39.2 Å². The third-order valence-corrected chi connectivity index (χ3v) is 5.87. The molecule has 1 aromatic heterocycles. The Kier molecular flexibility index (Phi) is 6.81. The van der Waals surface area contributed by atoms with E-state index in [0.29, 0.717) is 5.02 Å². The molecule has 0 radical (unpaired) electrons. The molecule has 33 heavy (non-hydrogen) atoms. The molecular weight excluding hydrogens is 426 g/mol. The van der Waals surface area contributed by atoms with Crippen LogP contribution in [-0.2, 0) is 0 Å². The Balaban J connectivity index is 1.73. The molecule has 0 unspecified atom stereocenters. The average molecular weight is 452 g/mol. The van der Waals surface area contributed by atoms with Gasteiger partial charge in [-0.15, -0.1) is 0 Å². The summed E-state index contributed by atoms with van der Waals surface area (Å²) < 4.78 is 0. The van der Waals surface area contributed by atoms with E-state index in [0.717, 1.165) is 56.4 Å². The molecule has 4 rings (SSSR count).